The van der Waals surface area contributed by atoms with Gasteiger partial charge in [-0.3, -0.25) is 0 Å². The largest absolute Gasteiger partial charge is 0.476 e. The number of carbonyl (C=O) groups is 1. The van der Waals surface area contributed by atoms with Crippen LogP contribution in [0, 0.1) is 0 Å². The summed E-state index contributed by atoms with van der Waals surface area (Å²) in [6, 6.07) is 7.77. The van der Waals surface area contributed by atoms with Gasteiger partial charge in [-0.05, 0) is 25.8 Å². The third-order valence-corrected chi connectivity index (χ3v) is 2.93. The number of carboxylic acid groups (broad SMARTS) is 1. The van der Waals surface area contributed by atoms with Crippen LogP contribution in [0.25, 0.3) is 11.3 Å². The summed E-state index contributed by atoms with van der Waals surface area (Å²) in [7, 11) is 0. The number of hydrogen-bond acceptors (Lipinski definition) is 3. The molecule has 0 radical (unpaired) electrons. The van der Waals surface area contributed by atoms with E-state index in [1.165, 1.54) is 10.4 Å². The summed E-state index contributed by atoms with van der Waals surface area (Å²) in [5.74, 6) is -1.05. The van der Waals surface area contributed by atoms with Gasteiger partial charge in [0.2, 0.25) is 0 Å². The molecule has 0 unspecified atom stereocenters. The number of benzene rings is 1. The Morgan fingerprint density at radius 1 is 1.26 bits per heavy atom. The van der Waals surface area contributed by atoms with Gasteiger partial charge in [-0.15, -0.1) is 5.10 Å². The molecular weight excluding hydrogens is 242 g/mol. The van der Waals surface area contributed by atoms with Crippen LogP contribution in [-0.2, 0) is 6.42 Å². The zero-order valence-corrected chi connectivity index (χ0v) is 11.3. The lowest BCUT2D eigenvalue weighted by atomic mass is 10.1. The fourth-order valence-electron chi connectivity index (χ4n) is 1.79. The van der Waals surface area contributed by atoms with E-state index in [2.05, 4.69) is 17.1 Å². The second kappa shape index (κ2) is 5.22. The number of carboxylic acids is 1. The lowest BCUT2D eigenvalue weighted by Crippen LogP contribution is -2.06. The van der Waals surface area contributed by atoms with E-state index in [0.29, 0.717) is 5.69 Å². The smallest absolute Gasteiger partial charge is 0.358 e. The molecule has 1 N–H and O–H groups in total. The summed E-state index contributed by atoms with van der Waals surface area (Å²) < 4.78 is 0. The highest BCUT2D eigenvalue weighted by Crippen LogP contribution is 2.22. The van der Waals surface area contributed by atoms with E-state index in [1.807, 2.05) is 38.1 Å². The van der Waals surface area contributed by atoms with E-state index < -0.39 is 5.97 Å². The van der Waals surface area contributed by atoms with E-state index in [-0.39, 0.29) is 11.7 Å². The minimum absolute atomic E-state index is 0.00190. The van der Waals surface area contributed by atoms with Crippen molar-refractivity contribution < 1.29 is 9.90 Å². The summed E-state index contributed by atoms with van der Waals surface area (Å²) >= 11 is 0. The van der Waals surface area contributed by atoms with Crippen LogP contribution in [0.3, 0.4) is 0 Å². The van der Waals surface area contributed by atoms with E-state index in [9.17, 15) is 9.90 Å². The maximum Gasteiger partial charge on any atom is 0.358 e. The average molecular weight is 259 g/mol. The van der Waals surface area contributed by atoms with Gasteiger partial charge in [0.05, 0.1) is 6.04 Å². The van der Waals surface area contributed by atoms with Crippen LogP contribution in [0.4, 0.5) is 0 Å². The van der Waals surface area contributed by atoms with Crippen molar-refractivity contribution in [1.29, 1.82) is 0 Å². The zero-order valence-electron chi connectivity index (χ0n) is 11.3. The summed E-state index contributed by atoms with van der Waals surface area (Å²) in [5, 5.41) is 17.5. The van der Waals surface area contributed by atoms with Crippen LogP contribution < -0.4 is 0 Å². The molecule has 100 valence electrons. The Kier molecular flexibility index (Phi) is 3.64. The molecule has 0 aliphatic heterocycles. The van der Waals surface area contributed by atoms with E-state index >= 15 is 0 Å². The molecule has 2 aromatic rings. The van der Waals surface area contributed by atoms with Gasteiger partial charge in [0, 0.05) is 5.56 Å². The average Bonchev–Trinajstić information content (AvgIpc) is 2.84. The molecule has 0 saturated heterocycles. The maximum absolute atomic E-state index is 11.2. The Bertz CT molecular complexity index is 585. The van der Waals surface area contributed by atoms with Crippen molar-refractivity contribution >= 4 is 5.97 Å². The molecule has 0 spiro atoms. The first-order valence-corrected chi connectivity index (χ1v) is 6.32. The van der Waals surface area contributed by atoms with Gasteiger partial charge in [0.15, 0.2) is 5.69 Å². The molecule has 0 atom stereocenters. The van der Waals surface area contributed by atoms with Gasteiger partial charge in [0.25, 0.3) is 0 Å². The Labute approximate surface area is 111 Å². The molecule has 1 heterocycles. The Hall–Kier alpha value is -2.17. The van der Waals surface area contributed by atoms with Crippen LogP contribution in [0.2, 0.25) is 0 Å². The quantitative estimate of drug-likeness (QED) is 0.916. The molecule has 1 aromatic carbocycles. The van der Waals surface area contributed by atoms with Crippen LogP contribution in [0.1, 0.15) is 42.9 Å². The topological polar surface area (TPSA) is 68.0 Å². The normalized spacial score (nSPS) is 10.9. The van der Waals surface area contributed by atoms with Crippen molar-refractivity contribution in [3.05, 3.63) is 35.5 Å². The third-order valence-electron chi connectivity index (χ3n) is 2.93. The van der Waals surface area contributed by atoms with Crippen molar-refractivity contribution in [1.82, 2.24) is 15.0 Å². The molecule has 0 bridgehead atoms. The Morgan fingerprint density at radius 3 is 2.37 bits per heavy atom. The predicted molar refractivity (Wildman–Crippen MR) is 72.2 cm³/mol. The maximum atomic E-state index is 11.2. The molecule has 5 nitrogen and oxygen atoms in total. The van der Waals surface area contributed by atoms with Crippen LogP contribution in [0.5, 0.6) is 0 Å². The fraction of sp³-hybridized carbons (Fsp3) is 0.357. The molecule has 1 aromatic heterocycles. The van der Waals surface area contributed by atoms with Crippen LogP contribution in [0.15, 0.2) is 24.3 Å². The second-order valence-corrected chi connectivity index (χ2v) is 4.67. The number of hydrogen-bond donors (Lipinski definition) is 1. The molecule has 0 aliphatic rings. The minimum atomic E-state index is -1.05. The van der Waals surface area contributed by atoms with E-state index in [1.54, 1.807) is 0 Å². The SMILES string of the molecule is CCc1ccc(-c2nn(C(C)C)nc2C(=O)O)cc1. The van der Waals surface area contributed by atoms with Crippen LogP contribution in [-0.4, -0.2) is 26.1 Å². The minimum Gasteiger partial charge on any atom is -0.476 e. The van der Waals surface area contributed by atoms with Crippen LogP contribution >= 0.6 is 0 Å². The number of aryl methyl sites for hydroxylation is 1. The highest BCUT2D eigenvalue weighted by molar-refractivity contribution is 5.92. The lowest BCUT2D eigenvalue weighted by molar-refractivity contribution is 0.0690. The lowest BCUT2D eigenvalue weighted by Gasteiger charge is -2.01. The predicted octanol–water partition coefficient (Wildman–Crippen LogP) is 2.79. The third kappa shape index (κ3) is 2.65. The first kappa shape index (κ1) is 13.3. The number of aromatic carboxylic acids is 1. The molecule has 5 heteroatoms. The van der Waals surface area contributed by atoms with Gasteiger partial charge in [-0.25, -0.2) is 4.79 Å². The second-order valence-electron chi connectivity index (χ2n) is 4.67. The highest BCUT2D eigenvalue weighted by Gasteiger charge is 2.20. The molecule has 0 fully saturated rings. The molecular formula is C14H17N3O2. The molecule has 0 saturated carbocycles. The zero-order chi connectivity index (χ0) is 14.0. The van der Waals surface area contributed by atoms with Gasteiger partial charge in [-0.2, -0.15) is 9.90 Å². The van der Waals surface area contributed by atoms with Crippen molar-refractivity contribution in [2.75, 3.05) is 0 Å². The molecule has 0 amide bonds. The summed E-state index contributed by atoms with van der Waals surface area (Å²) in [6.45, 7) is 5.90. The van der Waals surface area contributed by atoms with Crippen molar-refractivity contribution in [3.8, 4) is 11.3 Å². The standard InChI is InChI=1S/C14H17N3O2/c1-4-10-5-7-11(8-6-10)12-13(14(18)19)16-17(15-12)9(2)3/h5-9H,4H2,1-3H3,(H,18,19). The van der Waals surface area contributed by atoms with Gasteiger partial charge < -0.3 is 5.11 Å². The van der Waals surface area contributed by atoms with E-state index in [4.69, 9.17) is 0 Å². The molecule has 0 aliphatic carbocycles. The monoisotopic (exact) mass is 259 g/mol. The Balaban J connectivity index is 2.49. The molecule has 2 rings (SSSR count). The van der Waals surface area contributed by atoms with E-state index in [0.717, 1.165) is 12.0 Å². The summed E-state index contributed by atoms with van der Waals surface area (Å²) in [6.07, 6.45) is 0.949. The number of aromatic nitrogens is 3. The first-order chi connectivity index (χ1) is 9.02. The van der Waals surface area contributed by atoms with Gasteiger partial charge in [0.1, 0.15) is 5.69 Å². The van der Waals surface area contributed by atoms with Crippen molar-refractivity contribution in [2.24, 2.45) is 0 Å². The fourth-order valence-corrected chi connectivity index (χ4v) is 1.79. The van der Waals surface area contributed by atoms with Gasteiger partial charge in [-0.1, -0.05) is 31.2 Å². The van der Waals surface area contributed by atoms with Gasteiger partial charge >= 0.3 is 5.97 Å². The van der Waals surface area contributed by atoms with Crippen molar-refractivity contribution in [3.63, 3.8) is 0 Å². The summed E-state index contributed by atoms with van der Waals surface area (Å²) in [4.78, 5) is 12.7. The summed E-state index contributed by atoms with van der Waals surface area (Å²) in [5.41, 5.74) is 2.40. The first-order valence-electron chi connectivity index (χ1n) is 6.32. The highest BCUT2D eigenvalue weighted by atomic mass is 16.4. The molecule has 19 heavy (non-hydrogen) atoms. The van der Waals surface area contributed by atoms with Crippen molar-refractivity contribution in [2.45, 2.75) is 33.2 Å². The number of rotatable bonds is 4. The number of nitrogens with zero attached hydrogens (tertiary/aromatic N) is 3. The Morgan fingerprint density at radius 2 is 1.89 bits per heavy atom.